The summed E-state index contributed by atoms with van der Waals surface area (Å²) in [4.78, 5) is 23.3. The van der Waals surface area contributed by atoms with Gasteiger partial charge in [0.25, 0.3) is 0 Å². The Hall–Kier alpha value is -0.660. The number of carbonyl (C=O) groups is 2. The fraction of sp³-hybridized carbons (Fsp3) is 0.846. The molecule has 2 rings (SSSR count). The van der Waals surface area contributed by atoms with E-state index in [9.17, 15) is 9.59 Å². The van der Waals surface area contributed by atoms with Crippen LogP contribution in [0.3, 0.4) is 0 Å². The highest BCUT2D eigenvalue weighted by molar-refractivity contribution is 5.86. The van der Waals surface area contributed by atoms with Crippen LogP contribution in [0.5, 0.6) is 0 Å². The normalized spacial score (nSPS) is 44.0. The third kappa shape index (κ3) is 1.37. The van der Waals surface area contributed by atoms with Crippen LogP contribution in [0.1, 0.15) is 46.0 Å². The first-order chi connectivity index (χ1) is 7.15. The van der Waals surface area contributed by atoms with Crippen molar-refractivity contribution >= 4 is 12.1 Å². The highest BCUT2D eigenvalue weighted by Gasteiger charge is 2.57. The quantitative estimate of drug-likeness (QED) is 0.668. The first-order valence-electron chi connectivity index (χ1n) is 6.14. The van der Waals surface area contributed by atoms with Crippen LogP contribution >= 0.6 is 0 Å². The molecule has 2 fully saturated rings. The minimum Gasteiger partial charge on any atom is -0.303 e. The third-order valence-corrected chi connectivity index (χ3v) is 4.78. The Morgan fingerprint density at radius 3 is 2.73 bits per heavy atom. The highest BCUT2D eigenvalue weighted by atomic mass is 16.1. The zero-order valence-corrected chi connectivity index (χ0v) is 9.66. The van der Waals surface area contributed by atoms with Gasteiger partial charge in [-0.15, -0.1) is 0 Å². The van der Waals surface area contributed by atoms with Gasteiger partial charge in [0.2, 0.25) is 0 Å². The van der Waals surface area contributed by atoms with Crippen molar-refractivity contribution in [2.75, 3.05) is 0 Å². The minimum atomic E-state index is -0.271. The van der Waals surface area contributed by atoms with Gasteiger partial charge in [-0.05, 0) is 37.5 Å². The van der Waals surface area contributed by atoms with Crippen molar-refractivity contribution in [1.29, 1.82) is 0 Å². The van der Waals surface area contributed by atoms with Gasteiger partial charge in [0.05, 0.1) is 0 Å². The SMILES string of the molecule is CCC(=O)C1CC[C@H]2[C@H](C)CC[C@@]12C=O. The molecule has 0 aliphatic heterocycles. The lowest BCUT2D eigenvalue weighted by Crippen LogP contribution is -2.35. The summed E-state index contributed by atoms with van der Waals surface area (Å²) < 4.78 is 0. The lowest BCUT2D eigenvalue weighted by Gasteiger charge is -2.29. The van der Waals surface area contributed by atoms with Crippen LogP contribution in [-0.4, -0.2) is 12.1 Å². The van der Waals surface area contributed by atoms with E-state index in [-0.39, 0.29) is 11.3 Å². The molecule has 15 heavy (non-hydrogen) atoms. The fourth-order valence-electron chi connectivity index (χ4n) is 3.93. The number of aldehydes is 1. The summed E-state index contributed by atoms with van der Waals surface area (Å²) in [7, 11) is 0. The summed E-state index contributed by atoms with van der Waals surface area (Å²) >= 11 is 0. The molecule has 0 amide bonds. The molecule has 2 aliphatic rings. The Kier molecular flexibility index (Phi) is 2.70. The molecule has 84 valence electrons. The Morgan fingerprint density at radius 1 is 1.40 bits per heavy atom. The van der Waals surface area contributed by atoms with Gasteiger partial charge in [-0.1, -0.05) is 13.8 Å². The van der Waals surface area contributed by atoms with Crippen molar-refractivity contribution < 1.29 is 9.59 Å². The summed E-state index contributed by atoms with van der Waals surface area (Å²) in [6.45, 7) is 4.14. The lowest BCUT2D eigenvalue weighted by molar-refractivity contribution is -0.132. The third-order valence-electron chi connectivity index (χ3n) is 4.78. The van der Waals surface area contributed by atoms with E-state index in [1.807, 2.05) is 6.92 Å². The molecule has 0 aromatic rings. The van der Waals surface area contributed by atoms with E-state index in [1.54, 1.807) is 0 Å². The van der Waals surface area contributed by atoms with Crippen LogP contribution in [0, 0.1) is 23.2 Å². The van der Waals surface area contributed by atoms with Crippen LogP contribution in [0.2, 0.25) is 0 Å². The highest BCUT2D eigenvalue weighted by Crippen LogP contribution is 2.58. The zero-order valence-electron chi connectivity index (χ0n) is 9.66. The van der Waals surface area contributed by atoms with Gasteiger partial charge >= 0.3 is 0 Å². The molecule has 2 heteroatoms. The number of Topliss-reactive ketones (excluding diaryl/α,β-unsaturated/α-hetero) is 1. The Bertz CT molecular complexity index is 284. The second kappa shape index (κ2) is 3.73. The predicted octanol–water partition coefficient (Wildman–Crippen LogP) is 2.61. The van der Waals surface area contributed by atoms with Crippen molar-refractivity contribution in [3.63, 3.8) is 0 Å². The molecule has 4 atom stereocenters. The van der Waals surface area contributed by atoms with Gasteiger partial charge < -0.3 is 4.79 Å². The standard InChI is InChI=1S/C13H20O2/c1-3-12(15)11-5-4-10-9(2)6-7-13(10,11)8-14/h8-11H,3-7H2,1-2H3/t9-,10+,11?,13+/m1/s1. The van der Waals surface area contributed by atoms with E-state index < -0.39 is 0 Å². The maximum absolute atomic E-state index is 11.9. The van der Waals surface area contributed by atoms with Crippen molar-refractivity contribution in [3.8, 4) is 0 Å². The monoisotopic (exact) mass is 208 g/mol. The van der Waals surface area contributed by atoms with Crippen LogP contribution < -0.4 is 0 Å². The molecule has 2 saturated carbocycles. The van der Waals surface area contributed by atoms with Crippen molar-refractivity contribution in [2.24, 2.45) is 23.2 Å². The molecule has 0 aromatic carbocycles. The smallest absolute Gasteiger partial charge is 0.136 e. The molecular formula is C13H20O2. The van der Waals surface area contributed by atoms with Gasteiger partial charge in [-0.3, -0.25) is 4.79 Å². The van der Waals surface area contributed by atoms with Crippen LogP contribution in [0.25, 0.3) is 0 Å². The van der Waals surface area contributed by atoms with Crippen molar-refractivity contribution in [2.45, 2.75) is 46.0 Å². The van der Waals surface area contributed by atoms with Gasteiger partial charge in [0.1, 0.15) is 12.1 Å². The number of hydrogen-bond donors (Lipinski definition) is 0. The molecular weight excluding hydrogens is 188 g/mol. The molecule has 0 bridgehead atoms. The zero-order chi connectivity index (χ0) is 11.1. The molecule has 0 saturated heterocycles. The van der Waals surface area contributed by atoms with Crippen LogP contribution in [0.15, 0.2) is 0 Å². The van der Waals surface area contributed by atoms with Gasteiger partial charge in [0, 0.05) is 17.8 Å². The van der Waals surface area contributed by atoms with E-state index in [0.29, 0.717) is 24.0 Å². The summed E-state index contributed by atoms with van der Waals surface area (Å²) in [5.74, 6) is 1.45. The van der Waals surface area contributed by atoms with Crippen LogP contribution in [0.4, 0.5) is 0 Å². The minimum absolute atomic E-state index is 0.0370. The average molecular weight is 208 g/mol. The first-order valence-corrected chi connectivity index (χ1v) is 6.14. The molecule has 0 N–H and O–H groups in total. The Morgan fingerprint density at radius 2 is 2.13 bits per heavy atom. The molecule has 1 unspecified atom stereocenters. The summed E-state index contributed by atoms with van der Waals surface area (Å²) in [5, 5.41) is 0. The Labute approximate surface area is 91.4 Å². The number of ketones is 1. The first kappa shape index (κ1) is 10.8. The largest absolute Gasteiger partial charge is 0.303 e. The maximum atomic E-state index is 11.9. The summed E-state index contributed by atoms with van der Waals surface area (Å²) in [5.41, 5.74) is -0.271. The summed E-state index contributed by atoms with van der Waals surface area (Å²) in [6.07, 6.45) is 5.79. The Balaban J connectivity index is 2.29. The average Bonchev–Trinajstić information content (AvgIpc) is 2.77. The molecule has 0 aromatic heterocycles. The topological polar surface area (TPSA) is 34.1 Å². The molecule has 0 heterocycles. The number of fused-ring (bicyclic) bond motifs is 1. The molecule has 2 nitrogen and oxygen atoms in total. The van der Waals surface area contributed by atoms with Crippen molar-refractivity contribution in [3.05, 3.63) is 0 Å². The molecule has 0 radical (unpaired) electrons. The predicted molar refractivity (Wildman–Crippen MR) is 58.4 cm³/mol. The van der Waals surface area contributed by atoms with Gasteiger partial charge in [-0.25, -0.2) is 0 Å². The van der Waals surface area contributed by atoms with Crippen molar-refractivity contribution in [1.82, 2.24) is 0 Å². The van der Waals surface area contributed by atoms with E-state index in [4.69, 9.17) is 0 Å². The van der Waals surface area contributed by atoms with Crippen LogP contribution in [-0.2, 0) is 9.59 Å². The van der Waals surface area contributed by atoms with Gasteiger partial charge in [0.15, 0.2) is 0 Å². The second-order valence-corrected chi connectivity index (χ2v) is 5.30. The van der Waals surface area contributed by atoms with E-state index in [1.165, 1.54) is 0 Å². The van der Waals surface area contributed by atoms with Gasteiger partial charge in [-0.2, -0.15) is 0 Å². The maximum Gasteiger partial charge on any atom is 0.136 e. The number of hydrogen-bond acceptors (Lipinski definition) is 2. The van der Waals surface area contributed by atoms with E-state index >= 15 is 0 Å². The number of carbonyl (C=O) groups excluding carboxylic acids is 2. The fourth-order valence-corrected chi connectivity index (χ4v) is 3.93. The second-order valence-electron chi connectivity index (χ2n) is 5.30. The van der Waals surface area contributed by atoms with E-state index in [2.05, 4.69) is 6.92 Å². The lowest BCUT2D eigenvalue weighted by atomic mass is 9.72. The molecule has 0 spiro atoms. The molecule has 2 aliphatic carbocycles. The number of rotatable bonds is 3. The summed E-state index contributed by atoms with van der Waals surface area (Å²) in [6, 6.07) is 0. The van der Waals surface area contributed by atoms with E-state index in [0.717, 1.165) is 32.0 Å².